The first kappa shape index (κ1) is 10.7. The summed E-state index contributed by atoms with van der Waals surface area (Å²) in [6.07, 6.45) is 1.84. The van der Waals surface area contributed by atoms with E-state index in [4.69, 9.17) is 0 Å². The Morgan fingerprint density at radius 2 is 2.15 bits per heavy atom. The fourth-order valence-corrected chi connectivity index (χ4v) is 2.15. The van der Waals surface area contributed by atoms with E-state index >= 15 is 0 Å². The third kappa shape index (κ3) is 2.11. The predicted molar refractivity (Wildman–Crippen MR) is 57.5 cm³/mol. The Morgan fingerprint density at radius 3 is 2.46 bits per heavy atom. The van der Waals surface area contributed by atoms with Gasteiger partial charge >= 0.3 is 0 Å². The van der Waals surface area contributed by atoms with Gasteiger partial charge in [-0.25, -0.2) is 0 Å². The van der Waals surface area contributed by atoms with Gasteiger partial charge in [0.1, 0.15) is 0 Å². The second kappa shape index (κ2) is 4.24. The van der Waals surface area contributed by atoms with Crippen LogP contribution in [0.15, 0.2) is 10.7 Å². The van der Waals surface area contributed by atoms with E-state index in [0.717, 1.165) is 4.47 Å². The lowest BCUT2D eigenvalue weighted by Gasteiger charge is -2.20. The first-order valence-corrected chi connectivity index (χ1v) is 5.22. The van der Waals surface area contributed by atoms with Crippen LogP contribution in [0.25, 0.3) is 0 Å². The van der Waals surface area contributed by atoms with E-state index in [-0.39, 0.29) is 0 Å². The number of nitrogens with one attached hydrogen (secondary N) is 1. The Morgan fingerprint density at radius 1 is 1.54 bits per heavy atom. The zero-order valence-electron chi connectivity index (χ0n) is 8.50. The summed E-state index contributed by atoms with van der Waals surface area (Å²) in [5, 5.41) is 7.49. The fraction of sp³-hybridized carbons (Fsp3) is 0.667. The molecule has 3 nitrogen and oxygen atoms in total. The lowest BCUT2D eigenvalue weighted by molar-refractivity contribution is 0.416. The number of hydrogen-bond acceptors (Lipinski definition) is 2. The van der Waals surface area contributed by atoms with E-state index in [1.54, 1.807) is 0 Å². The van der Waals surface area contributed by atoms with Crippen LogP contribution in [0.1, 0.15) is 25.6 Å². The molecular formula is C9H16BrN3. The van der Waals surface area contributed by atoms with E-state index in [0.29, 0.717) is 12.0 Å². The van der Waals surface area contributed by atoms with Crippen LogP contribution in [0.3, 0.4) is 0 Å². The number of rotatable bonds is 3. The van der Waals surface area contributed by atoms with E-state index in [1.165, 1.54) is 5.69 Å². The molecule has 1 aromatic rings. The summed E-state index contributed by atoms with van der Waals surface area (Å²) in [5.74, 6) is 0.552. The molecule has 0 aromatic carbocycles. The van der Waals surface area contributed by atoms with Crippen LogP contribution in [-0.4, -0.2) is 16.8 Å². The maximum atomic E-state index is 4.20. The van der Waals surface area contributed by atoms with Crippen molar-refractivity contribution in [3.8, 4) is 0 Å². The van der Waals surface area contributed by atoms with Gasteiger partial charge in [0.05, 0.1) is 22.4 Å². The van der Waals surface area contributed by atoms with Gasteiger partial charge in [0, 0.05) is 7.05 Å². The second-order valence-corrected chi connectivity index (χ2v) is 4.37. The molecule has 0 saturated heterocycles. The molecule has 13 heavy (non-hydrogen) atoms. The largest absolute Gasteiger partial charge is 0.311 e. The molecule has 4 heteroatoms. The van der Waals surface area contributed by atoms with Crippen molar-refractivity contribution in [1.82, 2.24) is 15.1 Å². The molecule has 1 atom stereocenters. The van der Waals surface area contributed by atoms with Crippen LogP contribution in [0.2, 0.25) is 0 Å². The molecule has 0 saturated carbocycles. The standard InChI is InChI=1S/C9H16BrN3/c1-6(2)8(11-3)9-7(10)5-12-13(9)4/h5-6,8,11H,1-4H3. The number of hydrogen-bond donors (Lipinski definition) is 1. The van der Waals surface area contributed by atoms with E-state index in [1.807, 2.05) is 25.0 Å². The molecule has 0 aliphatic rings. The highest BCUT2D eigenvalue weighted by Crippen LogP contribution is 2.27. The van der Waals surface area contributed by atoms with Crippen LogP contribution in [0, 0.1) is 5.92 Å². The summed E-state index contributed by atoms with van der Waals surface area (Å²) in [6, 6.07) is 0.349. The zero-order chi connectivity index (χ0) is 10.0. The van der Waals surface area contributed by atoms with Crippen molar-refractivity contribution >= 4 is 15.9 Å². The van der Waals surface area contributed by atoms with E-state index in [9.17, 15) is 0 Å². The summed E-state index contributed by atoms with van der Waals surface area (Å²) < 4.78 is 2.98. The SMILES string of the molecule is CNC(c1c(Br)cnn1C)C(C)C. The minimum Gasteiger partial charge on any atom is -0.311 e. The quantitative estimate of drug-likeness (QED) is 0.885. The molecule has 0 amide bonds. The third-order valence-electron chi connectivity index (χ3n) is 2.21. The first-order chi connectivity index (χ1) is 6.07. The van der Waals surface area contributed by atoms with E-state index in [2.05, 4.69) is 40.2 Å². The molecule has 0 bridgehead atoms. The lowest BCUT2D eigenvalue weighted by Crippen LogP contribution is -2.24. The smallest absolute Gasteiger partial charge is 0.0694 e. The number of nitrogens with zero attached hydrogens (tertiary/aromatic N) is 2. The van der Waals surface area contributed by atoms with Crippen molar-refractivity contribution in [2.24, 2.45) is 13.0 Å². The number of aryl methyl sites for hydroxylation is 1. The minimum absolute atomic E-state index is 0.349. The molecule has 0 aliphatic heterocycles. The maximum Gasteiger partial charge on any atom is 0.0694 e. The van der Waals surface area contributed by atoms with Gasteiger partial charge in [0.15, 0.2) is 0 Å². The highest BCUT2D eigenvalue weighted by atomic mass is 79.9. The molecule has 1 rings (SSSR count). The Balaban J connectivity index is 3.03. The highest BCUT2D eigenvalue weighted by molar-refractivity contribution is 9.10. The topological polar surface area (TPSA) is 29.9 Å². The molecule has 0 radical (unpaired) electrons. The molecule has 74 valence electrons. The van der Waals surface area contributed by atoms with Crippen molar-refractivity contribution in [3.63, 3.8) is 0 Å². The van der Waals surface area contributed by atoms with Crippen LogP contribution < -0.4 is 5.32 Å². The molecule has 0 spiro atoms. The maximum absolute atomic E-state index is 4.20. The van der Waals surface area contributed by atoms with E-state index < -0.39 is 0 Å². The first-order valence-electron chi connectivity index (χ1n) is 4.42. The van der Waals surface area contributed by atoms with Gasteiger partial charge in [-0.1, -0.05) is 13.8 Å². The zero-order valence-corrected chi connectivity index (χ0v) is 10.1. The van der Waals surface area contributed by atoms with Crippen LogP contribution in [0.5, 0.6) is 0 Å². The van der Waals surface area contributed by atoms with Crippen molar-refractivity contribution in [2.45, 2.75) is 19.9 Å². The molecular weight excluding hydrogens is 230 g/mol. The lowest BCUT2D eigenvalue weighted by atomic mass is 10.0. The summed E-state index contributed by atoms with van der Waals surface area (Å²) in [4.78, 5) is 0. The Kier molecular flexibility index (Phi) is 3.50. The minimum atomic E-state index is 0.349. The molecule has 1 aromatic heterocycles. The van der Waals surface area contributed by atoms with Gasteiger partial charge in [-0.15, -0.1) is 0 Å². The van der Waals surface area contributed by atoms with Crippen molar-refractivity contribution < 1.29 is 0 Å². The highest BCUT2D eigenvalue weighted by Gasteiger charge is 2.19. The Bertz CT molecular complexity index is 261. The number of aromatic nitrogens is 2. The predicted octanol–water partition coefficient (Wildman–Crippen LogP) is 2.10. The molecule has 1 unspecified atom stereocenters. The van der Waals surface area contributed by atoms with Crippen LogP contribution in [-0.2, 0) is 7.05 Å². The molecule has 0 aliphatic carbocycles. The van der Waals surface area contributed by atoms with Crippen LogP contribution in [0.4, 0.5) is 0 Å². The normalized spacial score (nSPS) is 13.7. The monoisotopic (exact) mass is 245 g/mol. The average Bonchev–Trinajstić information content (AvgIpc) is 2.36. The summed E-state index contributed by atoms with van der Waals surface area (Å²) in [7, 11) is 3.94. The number of halogens is 1. The van der Waals surface area contributed by atoms with Gasteiger partial charge in [-0.05, 0) is 28.9 Å². The summed E-state index contributed by atoms with van der Waals surface area (Å²) in [6.45, 7) is 4.39. The van der Waals surface area contributed by atoms with Gasteiger partial charge < -0.3 is 5.32 Å². The van der Waals surface area contributed by atoms with Gasteiger partial charge in [-0.3, -0.25) is 4.68 Å². The fourth-order valence-electron chi connectivity index (χ4n) is 1.56. The summed E-state index contributed by atoms with van der Waals surface area (Å²) >= 11 is 3.50. The van der Waals surface area contributed by atoms with Gasteiger partial charge in [0.2, 0.25) is 0 Å². The van der Waals surface area contributed by atoms with Crippen LogP contribution >= 0.6 is 15.9 Å². The molecule has 1 N–H and O–H groups in total. The van der Waals surface area contributed by atoms with Crippen molar-refractivity contribution in [1.29, 1.82) is 0 Å². The van der Waals surface area contributed by atoms with Crippen molar-refractivity contribution in [3.05, 3.63) is 16.4 Å². The molecule has 0 fully saturated rings. The molecule has 1 heterocycles. The summed E-state index contributed by atoms with van der Waals surface area (Å²) in [5.41, 5.74) is 1.21. The van der Waals surface area contributed by atoms with Crippen molar-refractivity contribution in [2.75, 3.05) is 7.05 Å². The second-order valence-electron chi connectivity index (χ2n) is 3.51. The Hall–Kier alpha value is -0.350. The van der Waals surface area contributed by atoms with Gasteiger partial charge in [0.25, 0.3) is 0 Å². The van der Waals surface area contributed by atoms with Gasteiger partial charge in [-0.2, -0.15) is 5.10 Å². The third-order valence-corrected chi connectivity index (χ3v) is 2.82. The Labute approximate surface area is 87.6 Å². The average molecular weight is 246 g/mol.